The Morgan fingerprint density at radius 3 is 2.30 bits per heavy atom. The highest BCUT2D eigenvalue weighted by Crippen LogP contribution is 2.17. The fourth-order valence-electron chi connectivity index (χ4n) is 2.73. The van der Waals surface area contributed by atoms with Gasteiger partial charge in [0.25, 0.3) is 11.8 Å². The molecule has 1 aliphatic rings. The number of hydrogen-bond acceptors (Lipinski definition) is 4. The van der Waals surface area contributed by atoms with Crippen LogP contribution in [0.3, 0.4) is 0 Å². The predicted molar refractivity (Wildman–Crippen MR) is 91.9 cm³/mol. The molecule has 0 saturated carbocycles. The van der Waals surface area contributed by atoms with Gasteiger partial charge in [0.1, 0.15) is 34.5 Å². The van der Waals surface area contributed by atoms with Crippen molar-refractivity contribution in [1.82, 2.24) is 14.8 Å². The zero-order chi connectivity index (χ0) is 19.6. The zero-order valence-corrected chi connectivity index (χ0v) is 14.5. The molecule has 142 valence electrons. The van der Waals surface area contributed by atoms with Gasteiger partial charge in [0, 0.05) is 38.3 Å². The summed E-state index contributed by atoms with van der Waals surface area (Å²) in [6.45, 7) is 2.59. The Bertz CT molecular complexity index is 860. The highest BCUT2D eigenvalue weighted by atomic mass is 19.1. The van der Waals surface area contributed by atoms with Crippen LogP contribution in [-0.4, -0.2) is 59.8 Å². The van der Waals surface area contributed by atoms with E-state index in [2.05, 4.69) is 15.2 Å². The van der Waals surface area contributed by atoms with E-state index in [-0.39, 0.29) is 17.4 Å². The molecule has 27 heavy (non-hydrogen) atoms. The monoisotopic (exact) mass is 378 g/mol. The van der Waals surface area contributed by atoms with Gasteiger partial charge in [0.2, 0.25) is 0 Å². The van der Waals surface area contributed by atoms with E-state index in [1.54, 1.807) is 4.90 Å². The zero-order valence-electron chi connectivity index (χ0n) is 14.5. The van der Waals surface area contributed by atoms with E-state index in [0.717, 1.165) is 13.1 Å². The molecular formula is C18H17F3N4O2. The molecule has 2 aromatic rings. The summed E-state index contributed by atoms with van der Waals surface area (Å²) < 4.78 is 40.4. The maximum atomic E-state index is 13.7. The van der Waals surface area contributed by atoms with E-state index in [4.69, 9.17) is 0 Å². The Morgan fingerprint density at radius 1 is 1.04 bits per heavy atom. The summed E-state index contributed by atoms with van der Waals surface area (Å²) in [5.41, 5.74) is -0.814. The Balaban J connectivity index is 1.76. The van der Waals surface area contributed by atoms with Gasteiger partial charge < -0.3 is 15.1 Å². The molecule has 0 unspecified atom stereocenters. The molecule has 1 aromatic carbocycles. The number of carbonyl (C=O) groups excluding carboxylic acids is 2. The topological polar surface area (TPSA) is 65.5 Å². The third kappa shape index (κ3) is 4.25. The second kappa shape index (κ2) is 7.75. The summed E-state index contributed by atoms with van der Waals surface area (Å²) in [5, 5.41) is 2.23. The number of halogens is 3. The average molecular weight is 378 g/mol. The first-order valence-electron chi connectivity index (χ1n) is 8.26. The molecule has 0 bridgehead atoms. The van der Waals surface area contributed by atoms with E-state index < -0.39 is 28.9 Å². The van der Waals surface area contributed by atoms with Crippen molar-refractivity contribution in [3.63, 3.8) is 0 Å². The van der Waals surface area contributed by atoms with Crippen LogP contribution in [0, 0.1) is 17.5 Å². The van der Waals surface area contributed by atoms with Gasteiger partial charge in [-0.05, 0) is 19.2 Å². The number of anilines is 1. The summed E-state index contributed by atoms with van der Waals surface area (Å²) in [4.78, 5) is 32.5. The van der Waals surface area contributed by atoms with Gasteiger partial charge in [0.15, 0.2) is 0 Å². The fraction of sp³-hybridized carbons (Fsp3) is 0.278. The lowest BCUT2D eigenvalue weighted by Gasteiger charge is -2.32. The lowest BCUT2D eigenvalue weighted by atomic mass is 10.1. The molecule has 1 N–H and O–H groups in total. The van der Waals surface area contributed by atoms with Crippen LogP contribution in [0.25, 0.3) is 0 Å². The molecule has 1 aliphatic heterocycles. The fourth-order valence-corrected chi connectivity index (χ4v) is 2.73. The van der Waals surface area contributed by atoms with Crippen LogP contribution in [0.1, 0.15) is 20.8 Å². The second-order valence-corrected chi connectivity index (χ2v) is 6.20. The molecule has 1 fully saturated rings. The molecule has 0 spiro atoms. The molecule has 6 nitrogen and oxygen atoms in total. The number of nitrogens with one attached hydrogen (secondary N) is 1. The normalized spacial score (nSPS) is 14.9. The van der Waals surface area contributed by atoms with Crippen molar-refractivity contribution >= 4 is 17.6 Å². The van der Waals surface area contributed by atoms with E-state index in [1.165, 1.54) is 18.2 Å². The smallest absolute Gasteiger partial charge is 0.272 e. The number of carbonyl (C=O) groups is 2. The maximum Gasteiger partial charge on any atom is 0.272 e. The van der Waals surface area contributed by atoms with Gasteiger partial charge >= 0.3 is 0 Å². The molecule has 0 radical (unpaired) electrons. The van der Waals surface area contributed by atoms with Gasteiger partial charge in [-0.15, -0.1) is 0 Å². The highest BCUT2D eigenvalue weighted by Gasteiger charge is 2.23. The molecule has 0 aliphatic carbocycles. The Kier molecular flexibility index (Phi) is 5.41. The summed E-state index contributed by atoms with van der Waals surface area (Å²) in [5.74, 6) is -5.23. The van der Waals surface area contributed by atoms with Gasteiger partial charge in [0.05, 0.1) is 0 Å². The van der Waals surface area contributed by atoms with Gasteiger partial charge in [-0.1, -0.05) is 6.07 Å². The van der Waals surface area contributed by atoms with E-state index in [1.807, 2.05) is 7.05 Å². The molecule has 2 amide bonds. The Morgan fingerprint density at radius 2 is 1.67 bits per heavy atom. The van der Waals surface area contributed by atoms with Crippen LogP contribution < -0.4 is 5.32 Å². The number of amides is 2. The van der Waals surface area contributed by atoms with Crippen molar-refractivity contribution in [2.75, 3.05) is 38.5 Å². The number of piperazine rings is 1. The van der Waals surface area contributed by atoms with Crippen molar-refractivity contribution in [3.05, 3.63) is 59.0 Å². The van der Waals surface area contributed by atoms with Crippen LogP contribution >= 0.6 is 0 Å². The van der Waals surface area contributed by atoms with Crippen molar-refractivity contribution in [1.29, 1.82) is 0 Å². The van der Waals surface area contributed by atoms with Crippen molar-refractivity contribution in [3.8, 4) is 0 Å². The second-order valence-electron chi connectivity index (χ2n) is 6.20. The minimum Gasteiger partial charge on any atom is -0.335 e. The van der Waals surface area contributed by atoms with Gasteiger partial charge in [-0.3, -0.25) is 9.59 Å². The Hall–Kier alpha value is -2.94. The first kappa shape index (κ1) is 18.8. The summed E-state index contributed by atoms with van der Waals surface area (Å²) in [6, 6.07) is 5.22. The first-order valence-corrected chi connectivity index (χ1v) is 8.26. The third-order valence-electron chi connectivity index (χ3n) is 4.23. The molecule has 1 saturated heterocycles. The number of rotatable bonds is 3. The summed E-state index contributed by atoms with van der Waals surface area (Å²) in [7, 11) is 1.96. The first-order chi connectivity index (χ1) is 12.8. The van der Waals surface area contributed by atoms with Crippen LogP contribution in [0.15, 0.2) is 30.3 Å². The van der Waals surface area contributed by atoms with E-state index >= 15 is 0 Å². The van der Waals surface area contributed by atoms with Gasteiger partial charge in [-0.25, -0.2) is 18.2 Å². The molecular weight excluding hydrogens is 361 g/mol. The van der Waals surface area contributed by atoms with Crippen molar-refractivity contribution < 1.29 is 22.8 Å². The predicted octanol–water partition coefficient (Wildman–Crippen LogP) is 2.14. The van der Waals surface area contributed by atoms with Crippen LogP contribution in [0.4, 0.5) is 19.0 Å². The maximum absolute atomic E-state index is 13.7. The number of likely N-dealkylation sites (N-methyl/N-ethyl adjacent to an activating group) is 1. The quantitative estimate of drug-likeness (QED) is 0.889. The lowest BCUT2D eigenvalue weighted by molar-refractivity contribution is 0.0658. The molecule has 2 heterocycles. The van der Waals surface area contributed by atoms with Gasteiger partial charge in [-0.2, -0.15) is 0 Å². The highest BCUT2D eigenvalue weighted by molar-refractivity contribution is 6.04. The van der Waals surface area contributed by atoms with Crippen LogP contribution in [0.2, 0.25) is 0 Å². The standard InChI is InChI=1S/C18H17F3N4O2/c1-24-5-7-25(8-6-24)18(27)14-3-2-4-15(22-14)23-17(26)16-12(20)9-11(19)10-13(16)21/h2-4,9-10H,5-8H2,1H3,(H,22,23,26). The number of pyridine rings is 1. The molecule has 9 heteroatoms. The Labute approximate surface area is 153 Å². The third-order valence-corrected chi connectivity index (χ3v) is 4.23. The lowest BCUT2D eigenvalue weighted by Crippen LogP contribution is -2.47. The largest absolute Gasteiger partial charge is 0.335 e. The van der Waals surface area contributed by atoms with Crippen molar-refractivity contribution in [2.24, 2.45) is 0 Å². The van der Waals surface area contributed by atoms with E-state index in [0.29, 0.717) is 25.2 Å². The molecule has 3 rings (SSSR count). The number of benzene rings is 1. The van der Waals surface area contributed by atoms with Crippen LogP contribution in [-0.2, 0) is 0 Å². The minimum absolute atomic E-state index is 0.0388. The van der Waals surface area contributed by atoms with Crippen molar-refractivity contribution in [2.45, 2.75) is 0 Å². The molecule has 1 aromatic heterocycles. The summed E-state index contributed by atoms with van der Waals surface area (Å²) in [6.07, 6.45) is 0. The minimum atomic E-state index is -1.32. The van der Waals surface area contributed by atoms with E-state index in [9.17, 15) is 22.8 Å². The van der Waals surface area contributed by atoms with Crippen LogP contribution in [0.5, 0.6) is 0 Å². The SMILES string of the molecule is CN1CCN(C(=O)c2cccc(NC(=O)c3c(F)cc(F)cc3F)n2)CC1. The average Bonchev–Trinajstić information content (AvgIpc) is 2.61. The number of nitrogens with zero attached hydrogens (tertiary/aromatic N) is 3. The molecule has 0 atom stereocenters. The summed E-state index contributed by atoms with van der Waals surface area (Å²) >= 11 is 0. The number of hydrogen-bond donors (Lipinski definition) is 1. The number of aromatic nitrogens is 1.